The summed E-state index contributed by atoms with van der Waals surface area (Å²) in [6, 6.07) is 3.03. The Morgan fingerprint density at radius 1 is 1.22 bits per heavy atom. The number of carboxylic acid groups (broad SMARTS) is 2. The number of hydrazine groups is 1. The number of rotatable bonds is 2. The summed E-state index contributed by atoms with van der Waals surface area (Å²) >= 11 is 0. The molecule has 0 saturated heterocycles. The molecule has 0 aromatic heterocycles. The third-order valence-electron chi connectivity index (χ3n) is 2.83. The van der Waals surface area contributed by atoms with Gasteiger partial charge in [0.1, 0.15) is 0 Å². The van der Waals surface area contributed by atoms with Gasteiger partial charge in [-0.25, -0.2) is 19.8 Å². The van der Waals surface area contributed by atoms with Crippen LogP contribution in [0.25, 0.3) is 0 Å². The molecule has 0 atom stereocenters. The van der Waals surface area contributed by atoms with Gasteiger partial charge in [0, 0.05) is 5.92 Å². The lowest BCUT2D eigenvalue weighted by Crippen LogP contribution is -2.45. The fourth-order valence-corrected chi connectivity index (χ4v) is 1.68. The van der Waals surface area contributed by atoms with Crippen LogP contribution in [0.2, 0.25) is 0 Å². The average Bonchev–Trinajstić information content (AvgIpc) is 2.45. The molecule has 1 rings (SSSR count). The van der Waals surface area contributed by atoms with Crippen LogP contribution in [0.4, 0.5) is 15.3 Å². The maximum Gasteiger partial charge on any atom is 0.431 e. The molecule has 0 aliphatic carbocycles. The van der Waals surface area contributed by atoms with Gasteiger partial charge in [0.2, 0.25) is 0 Å². The number of carbonyl (C=O) groups excluding carboxylic acids is 1. The van der Waals surface area contributed by atoms with Gasteiger partial charge < -0.3 is 14.9 Å². The van der Waals surface area contributed by atoms with E-state index in [1.807, 2.05) is 0 Å². The van der Waals surface area contributed by atoms with Gasteiger partial charge >= 0.3 is 18.2 Å². The first-order valence-corrected chi connectivity index (χ1v) is 6.59. The number of ether oxygens (including phenoxy) is 1. The second-order valence-electron chi connectivity index (χ2n) is 4.46. The predicted molar refractivity (Wildman–Crippen MR) is 81.1 cm³/mol. The maximum atomic E-state index is 11.3. The van der Waals surface area contributed by atoms with Gasteiger partial charge in [0.25, 0.3) is 0 Å². The lowest BCUT2D eigenvalue weighted by molar-refractivity contribution is -0.136. The van der Waals surface area contributed by atoms with Crippen LogP contribution in [0.5, 0.6) is 0 Å². The molecule has 3 N–H and O–H groups in total. The standard InChI is InChI=1S/C15H16N2O6/c1-4-23-13(18)6-5-11-7-9(2)10(3)8-12(11)17(15(21)22)16-14(19)20/h7-8,16H,4H2,1-3H3,(H,19,20)(H,21,22). The summed E-state index contributed by atoms with van der Waals surface area (Å²) in [5, 5.41) is 18.4. The maximum absolute atomic E-state index is 11.3. The zero-order chi connectivity index (χ0) is 17.6. The Hall–Kier alpha value is -3.21. The van der Waals surface area contributed by atoms with E-state index >= 15 is 0 Å². The van der Waals surface area contributed by atoms with E-state index in [2.05, 4.69) is 16.6 Å². The Balaban J connectivity index is 3.39. The van der Waals surface area contributed by atoms with Crippen LogP contribution in [0, 0.1) is 25.7 Å². The number of esters is 1. The first-order chi connectivity index (χ1) is 10.8. The van der Waals surface area contributed by atoms with Crippen LogP contribution >= 0.6 is 0 Å². The summed E-state index contributed by atoms with van der Waals surface area (Å²) < 4.78 is 4.68. The number of nitrogens with zero attached hydrogens (tertiary/aromatic N) is 1. The van der Waals surface area contributed by atoms with Gasteiger partial charge in [-0.05, 0) is 44.0 Å². The van der Waals surface area contributed by atoms with E-state index in [0.29, 0.717) is 5.01 Å². The Kier molecular flexibility index (Phi) is 5.97. The van der Waals surface area contributed by atoms with Gasteiger partial charge in [-0.1, -0.05) is 5.92 Å². The third kappa shape index (κ3) is 4.93. The van der Waals surface area contributed by atoms with E-state index in [0.717, 1.165) is 11.1 Å². The molecule has 8 nitrogen and oxygen atoms in total. The molecule has 1 aromatic rings. The van der Waals surface area contributed by atoms with Crippen LogP contribution < -0.4 is 10.4 Å². The summed E-state index contributed by atoms with van der Waals surface area (Å²) in [6.45, 7) is 5.31. The number of anilines is 1. The average molecular weight is 320 g/mol. The normalized spacial score (nSPS) is 9.35. The van der Waals surface area contributed by atoms with Crippen molar-refractivity contribution in [1.82, 2.24) is 5.43 Å². The molecule has 0 bridgehead atoms. The summed E-state index contributed by atoms with van der Waals surface area (Å²) in [5.41, 5.74) is 3.48. The van der Waals surface area contributed by atoms with E-state index in [1.54, 1.807) is 32.3 Å². The van der Waals surface area contributed by atoms with Crippen LogP contribution in [-0.4, -0.2) is 35.0 Å². The van der Waals surface area contributed by atoms with E-state index in [4.69, 9.17) is 5.11 Å². The molecule has 0 saturated carbocycles. The van der Waals surface area contributed by atoms with Gasteiger partial charge in [-0.3, -0.25) is 0 Å². The molecule has 0 unspecified atom stereocenters. The zero-order valence-corrected chi connectivity index (χ0v) is 12.8. The zero-order valence-electron chi connectivity index (χ0n) is 12.8. The van der Waals surface area contributed by atoms with E-state index in [-0.39, 0.29) is 17.9 Å². The molecule has 2 amide bonds. The topological polar surface area (TPSA) is 116 Å². The largest absolute Gasteiger partial charge is 0.464 e. The molecule has 23 heavy (non-hydrogen) atoms. The first-order valence-electron chi connectivity index (χ1n) is 6.59. The van der Waals surface area contributed by atoms with E-state index in [9.17, 15) is 19.5 Å². The molecule has 0 aliphatic heterocycles. The van der Waals surface area contributed by atoms with Crippen LogP contribution in [-0.2, 0) is 9.53 Å². The minimum absolute atomic E-state index is 0.000187. The van der Waals surface area contributed by atoms with Gasteiger partial charge in [0.05, 0.1) is 17.9 Å². The minimum Gasteiger partial charge on any atom is -0.464 e. The van der Waals surface area contributed by atoms with Crippen molar-refractivity contribution < 1.29 is 29.3 Å². The van der Waals surface area contributed by atoms with E-state index in [1.165, 1.54) is 6.07 Å². The number of hydrogen-bond donors (Lipinski definition) is 3. The molecule has 122 valence electrons. The van der Waals surface area contributed by atoms with Crippen LogP contribution in [0.3, 0.4) is 0 Å². The molecule has 0 heterocycles. The predicted octanol–water partition coefficient (Wildman–Crippen LogP) is 1.89. The van der Waals surface area contributed by atoms with Gasteiger partial charge in [-0.2, -0.15) is 5.01 Å². The highest BCUT2D eigenvalue weighted by Crippen LogP contribution is 2.23. The third-order valence-corrected chi connectivity index (χ3v) is 2.83. The summed E-state index contributed by atoms with van der Waals surface area (Å²) in [7, 11) is 0. The molecule has 8 heteroatoms. The van der Waals surface area contributed by atoms with Crippen molar-refractivity contribution in [2.24, 2.45) is 0 Å². The molecular weight excluding hydrogens is 304 g/mol. The Bertz CT molecular complexity index is 702. The molecule has 0 fully saturated rings. The van der Waals surface area contributed by atoms with Crippen molar-refractivity contribution in [1.29, 1.82) is 0 Å². The summed E-state index contributed by atoms with van der Waals surface area (Å²) in [4.78, 5) is 33.4. The lowest BCUT2D eigenvalue weighted by Gasteiger charge is -2.20. The number of aryl methyl sites for hydroxylation is 2. The van der Waals surface area contributed by atoms with Crippen molar-refractivity contribution in [3.05, 3.63) is 28.8 Å². The Labute approximate surface area is 132 Å². The minimum atomic E-state index is -1.55. The number of amides is 2. The smallest absolute Gasteiger partial charge is 0.431 e. The van der Waals surface area contributed by atoms with Crippen molar-refractivity contribution >= 4 is 23.8 Å². The fraction of sp³-hybridized carbons (Fsp3) is 0.267. The number of benzene rings is 1. The second-order valence-corrected chi connectivity index (χ2v) is 4.46. The lowest BCUT2D eigenvalue weighted by atomic mass is 10.0. The number of carbonyl (C=O) groups is 3. The van der Waals surface area contributed by atoms with Gasteiger partial charge in [-0.15, -0.1) is 0 Å². The number of hydrogen-bond acceptors (Lipinski definition) is 4. The van der Waals surface area contributed by atoms with Crippen molar-refractivity contribution in [2.45, 2.75) is 20.8 Å². The monoisotopic (exact) mass is 320 g/mol. The molecule has 0 aliphatic rings. The van der Waals surface area contributed by atoms with Crippen molar-refractivity contribution in [2.75, 3.05) is 11.6 Å². The number of nitrogens with one attached hydrogen (secondary N) is 1. The van der Waals surface area contributed by atoms with Gasteiger partial charge in [0.15, 0.2) is 0 Å². The van der Waals surface area contributed by atoms with Crippen LogP contribution in [0.15, 0.2) is 12.1 Å². The first kappa shape index (κ1) is 17.8. The quantitative estimate of drug-likeness (QED) is 0.435. The van der Waals surface area contributed by atoms with E-state index < -0.39 is 18.2 Å². The highest BCUT2D eigenvalue weighted by atomic mass is 16.5. The summed E-state index contributed by atoms with van der Waals surface area (Å²) in [6.07, 6.45) is -3.08. The molecule has 1 aromatic carbocycles. The molecular formula is C15H16N2O6. The Morgan fingerprint density at radius 2 is 1.83 bits per heavy atom. The highest BCUT2D eigenvalue weighted by molar-refractivity contribution is 5.93. The molecule has 0 radical (unpaired) electrons. The van der Waals surface area contributed by atoms with Crippen LogP contribution in [0.1, 0.15) is 23.6 Å². The highest BCUT2D eigenvalue weighted by Gasteiger charge is 2.20. The second kappa shape index (κ2) is 7.70. The van der Waals surface area contributed by atoms with Crippen molar-refractivity contribution in [3.8, 4) is 11.8 Å². The fourth-order valence-electron chi connectivity index (χ4n) is 1.68. The SMILES string of the molecule is CCOC(=O)C#Cc1cc(C)c(C)cc1N(NC(=O)O)C(=O)O. The van der Waals surface area contributed by atoms with Crippen molar-refractivity contribution in [3.63, 3.8) is 0 Å². The molecule has 0 spiro atoms. The Morgan fingerprint density at radius 3 is 2.35 bits per heavy atom. The summed E-state index contributed by atoms with van der Waals surface area (Å²) in [5.74, 6) is 3.98.